The quantitative estimate of drug-likeness (QED) is 0.788. The molecule has 0 radical (unpaired) electrons. The third-order valence-electron chi connectivity index (χ3n) is 2.65. The highest BCUT2D eigenvalue weighted by atomic mass is 35.5. The number of hydrogen-bond donors (Lipinski definition) is 1. The van der Waals surface area contributed by atoms with Crippen LogP contribution in [0.3, 0.4) is 0 Å². The van der Waals surface area contributed by atoms with Crippen LogP contribution in [-0.2, 0) is 17.7 Å². The van der Waals surface area contributed by atoms with Crippen molar-refractivity contribution in [2.45, 2.75) is 13.0 Å². The number of imidazole rings is 1. The van der Waals surface area contributed by atoms with Gasteiger partial charge in [-0.1, -0.05) is 0 Å². The van der Waals surface area contributed by atoms with E-state index in [2.05, 4.69) is 15.0 Å². The van der Waals surface area contributed by atoms with Crippen LogP contribution in [0.2, 0.25) is 0 Å². The molecule has 0 saturated heterocycles. The molecule has 2 N–H and O–H groups in total. The number of aryl methyl sites for hydroxylation is 1. The number of carbonyl (C=O) groups excluding carboxylic acids is 1. The van der Waals surface area contributed by atoms with Crippen LogP contribution < -0.4 is 10.5 Å². The van der Waals surface area contributed by atoms with E-state index < -0.39 is 6.09 Å². The second-order valence-corrected chi connectivity index (χ2v) is 4.22. The van der Waals surface area contributed by atoms with E-state index in [1.54, 1.807) is 0 Å². The highest BCUT2D eigenvalue weighted by Gasteiger charge is 2.16. The first-order valence-corrected chi connectivity index (χ1v) is 6.43. The lowest BCUT2D eigenvalue weighted by molar-refractivity contribution is 0.152. The summed E-state index contributed by atoms with van der Waals surface area (Å²) in [5, 5.41) is 0. The highest BCUT2D eigenvalue weighted by molar-refractivity contribution is 6.17. The van der Waals surface area contributed by atoms with E-state index in [9.17, 15) is 4.79 Å². The van der Waals surface area contributed by atoms with Gasteiger partial charge in [-0.05, 0) is 0 Å². The van der Waals surface area contributed by atoms with Gasteiger partial charge in [-0.2, -0.15) is 4.98 Å². The Morgan fingerprint density at radius 2 is 2.30 bits per heavy atom. The van der Waals surface area contributed by atoms with Crippen molar-refractivity contribution >= 4 is 28.9 Å². The van der Waals surface area contributed by atoms with E-state index >= 15 is 0 Å². The molecule has 1 amide bonds. The Kier molecular flexibility index (Phi) is 4.57. The molecule has 2 rings (SSSR count). The fourth-order valence-electron chi connectivity index (χ4n) is 1.86. The average molecular weight is 300 g/mol. The SMILES string of the molecule is COc1ncnc2c1nc(CCCl)n2CCOC(N)=O. The second-order valence-electron chi connectivity index (χ2n) is 3.84. The zero-order chi connectivity index (χ0) is 14.5. The second kappa shape index (κ2) is 6.38. The first-order chi connectivity index (χ1) is 9.67. The van der Waals surface area contributed by atoms with Crippen molar-refractivity contribution in [3.63, 3.8) is 0 Å². The highest BCUT2D eigenvalue weighted by Crippen LogP contribution is 2.22. The molecule has 0 unspecified atom stereocenters. The fraction of sp³-hybridized carbons (Fsp3) is 0.455. The minimum absolute atomic E-state index is 0.127. The molecular formula is C11H14ClN5O3. The van der Waals surface area contributed by atoms with E-state index in [0.717, 1.165) is 5.82 Å². The Labute approximate surface area is 119 Å². The number of ether oxygens (including phenoxy) is 2. The van der Waals surface area contributed by atoms with Crippen molar-refractivity contribution in [3.8, 4) is 5.88 Å². The summed E-state index contributed by atoms with van der Waals surface area (Å²) in [7, 11) is 1.51. The van der Waals surface area contributed by atoms with Crippen LogP contribution >= 0.6 is 11.6 Å². The van der Waals surface area contributed by atoms with E-state index in [1.807, 2.05) is 4.57 Å². The van der Waals surface area contributed by atoms with Gasteiger partial charge in [-0.15, -0.1) is 11.6 Å². The number of aromatic nitrogens is 4. The number of amides is 1. The molecule has 8 nitrogen and oxygen atoms in total. The monoisotopic (exact) mass is 299 g/mol. The van der Waals surface area contributed by atoms with Crippen molar-refractivity contribution in [2.75, 3.05) is 19.6 Å². The first kappa shape index (κ1) is 14.3. The van der Waals surface area contributed by atoms with Gasteiger partial charge < -0.3 is 19.8 Å². The van der Waals surface area contributed by atoms with E-state index in [-0.39, 0.29) is 6.61 Å². The summed E-state index contributed by atoms with van der Waals surface area (Å²) in [6.07, 6.45) is 1.12. The summed E-state index contributed by atoms with van der Waals surface area (Å²) in [6, 6.07) is 0. The van der Waals surface area contributed by atoms with Crippen molar-refractivity contribution in [3.05, 3.63) is 12.2 Å². The van der Waals surface area contributed by atoms with E-state index in [4.69, 9.17) is 26.8 Å². The van der Waals surface area contributed by atoms with Gasteiger partial charge >= 0.3 is 6.09 Å². The maximum Gasteiger partial charge on any atom is 0.404 e. The van der Waals surface area contributed by atoms with Crippen LogP contribution in [0.1, 0.15) is 5.82 Å². The predicted molar refractivity (Wildman–Crippen MR) is 71.8 cm³/mol. The zero-order valence-electron chi connectivity index (χ0n) is 10.9. The molecule has 2 aromatic rings. The fourth-order valence-corrected chi connectivity index (χ4v) is 2.03. The summed E-state index contributed by atoms with van der Waals surface area (Å²) in [4.78, 5) is 23.2. The molecule has 20 heavy (non-hydrogen) atoms. The smallest absolute Gasteiger partial charge is 0.404 e. The minimum atomic E-state index is -0.819. The summed E-state index contributed by atoms with van der Waals surface area (Å²) in [5.74, 6) is 1.53. The molecule has 0 fully saturated rings. The van der Waals surface area contributed by atoms with Gasteiger partial charge in [0.25, 0.3) is 0 Å². The van der Waals surface area contributed by atoms with Crippen molar-refractivity contribution in [2.24, 2.45) is 5.73 Å². The first-order valence-electron chi connectivity index (χ1n) is 5.89. The van der Waals surface area contributed by atoms with Crippen LogP contribution in [0.4, 0.5) is 4.79 Å². The number of alkyl halides is 1. The standard InChI is InChI=1S/C11H14ClN5O3/c1-19-10-8-9(14-6-15-10)17(4-5-20-11(13)18)7(16-8)2-3-12/h6H,2-5H2,1H3,(H2,13,18). The normalized spacial score (nSPS) is 10.7. The number of hydrogen-bond acceptors (Lipinski definition) is 6. The molecule has 0 aromatic carbocycles. The maximum atomic E-state index is 10.6. The topological polar surface area (TPSA) is 105 Å². The van der Waals surface area contributed by atoms with Gasteiger partial charge in [0.1, 0.15) is 18.8 Å². The van der Waals surface area contributed by atoms with E-state index in [0.29, 0.717) is 35.9 Å². The number of fused-ring (bicyclic) bond motifs is 1. The number of carbonyl (C=O) groups is 1. The molecule has 0 bridgehead atoms. The number of methoxy groups -OCH3 is 1. The third kappa shape index (κ3) is 2.90. The van der Waals surface area contributed by atoms with Gasteiger partial charge in [-0.25, -0.2) is 14.8 Å². The molecule has 2 heterocycles. The largest absolute Gasteiger partial charge is 0.479 e. The van der Waals surface area contributed by atoms with Gasteiger partial charge in [0.05, 0.1) is 13.7 Å². The summed E-state index contributed by atoms with van der Waals surface area (Å²) in [5.41, 5.74) is 6.09. The van der Waals surface area contributed by atoms with Crippen LogP contribution in [0.5, 0.6) is 5.88 Å². The molecule has 0 spiro atoms. The van der Waals surface area contributed by atoms with Gasteiger partial charge in [0.15, 0.2) is 11.2 Å². The van der Waals surface area contributed by atoms with E-state index in [1.165, 1.54) is 13.4 Å². The Hall–Kier alpha value is -2.09. The zero-order valence-corrected chi connectivity index (χ0v) is 11.6. The average Bonchev–Trinajstić information content (AvgIpc) is 2.77. The Bertz CT molecular complexity index is 615. The molecule has 0 aliphatic heterocycles. The molecule has 0 aliphatic rings. The van der Waals surface area contributed by atoms with Crippen molar-refractivity contribution < 1.29 is 14.3 Å². The molecule has 0 atom stereocenters. The molecule has 9 heteroatoms. The Morgan fingerprint density at radius 1 is 1.50 bits per heavy atom. The van der Waals surface area contributed by atoms with Gasteiger partial charge in [0, 0.05) is 12.3 Å². The van der Waals surface area contributed by atoms with Crippen molar-refractivity contribution in [1.82, 2.24) is 19.5 Å². The van der Waals surface area contributed by atoms with Gasteiger partial charge in [-0.3, -0.25) is 0 Å². The molecular weight excluding hydrogens is 286 g/mol. The van der Waals surface area contributed by atoms with Crippen LogP contribution in [0, 0.1) is 0 Å². The lowest BCUT2D eigenvalue weighted by atomic mass is 10.4. The predicted octanol–water partition coefficient (Wildman–Crippen LogP) is 0.711. The Morgan fingerprint density at radius 3 is 2.95 bits per heavy atom. The molecule has 2 aromatic heterocycles. The number of nitrogens with two attached hydrogens (primary N) is 1. The maximum absolute atomic E-state index is 10.6. The van der Waals surface area contributed by atoms with Crippen LogP contribution in [-0.4, -0.2) is 45.2 Å². The minimum Gasteiger partial charge on any atom is -0.479 e. The molecule has 108 valence electrons. The van der Waals surface area contributed by atoms with Crippen LogP contribution in [0.25, 0.3) is 11.2 Å². The third-order valence-corrected chi connectivity index (χ3v) is 2.84. The summed E-state index contributed by atoms with van der Waals surface area (Å²) in [6.45, 7) is 0.508. The summed E-state index contributed by atoms with van der Waals surface area (Å²) < 4.78 is 11.7. The Balaban J connectivity index is 2.38. The number of primary amides is 1. The number of halogens is 1. The van der Waals surface area contributed by atoms with Crippen LogP contribution in [0.15, 0.2) is 6.33 Å². The molecule has 0 saturated carbocycles. The van der Waals surface area contributed by atoms with Crippen molar-refractivity contribution in [1.29, 1.82) is 0 Å². The number of rotatable bonds is 6. The lowest BCUT2D eigenvalue weighted by Gasteiger charge is -2.07. The van der Waals surface area contributed by atoms with Gasteiger partial charge in [0.2, 0.25) is 5.88 Å². The number of nitrogens with zero attached hydrogens (tertiary/aromatic N) is 4. The summed E-state index contributed by atoms with van der Waals surface area (Å²) >= 11 is 5.77. The lowest BCUT2D eigenvalue weighted by Crippen LogP contribution is -2.18. The molecule has 0 aliphatic carbocycles.